The lowest BCUT2D eigenvalue weighted by molar-refractivity contribution is 0.0117. The first-order valence-corrected chi connectivity index (χ1v) is 6.81. The second-order valence-electron chi connectivity index (χ2n) is 5.65. The fourth-order valence-corrected chi connectivity index (χ4v) is 1.83. The molecule has 1 N–H and O–H groups in total. The maximum absolute atomic E-state index is 12.0. The first kappa shape index (κ1) is 16.2. The monoisotopic (exact) mass is 274 g/mol. The smallest absolute Gasteiger partial charge is 0.410 e. The molecule has 1 aliphatic heterocycles. The Hall–Kier alpha value is -0.850. The molecule has 1 amide bonds. The zero-order valence-electron chi connectivity index (χ0n) is 12.2. The van der Waals surface area contributed by atoms with Crippen LogP contribution >= 0.6 is 0 Å². The topological polar surface area (TPSA) is 62.2 Å². The zero-order valence-corrected chi connectivity index (χ0v) is 12.2. The summed E-state index contributed by atoms with van der Waals surface area (Å²) in [6.07, 6.45) is -0.366. The van der Waals surface area contributed by atoms with Crippen molar-refractivity contribution in [2.45, 2.75) is 26.4 Å². The Morgan fingerprint density at radius 2 is 1.95 bits per heavy atom. The summed E-state index contributed by atoms with van der Waals surface area (Å²) in [5, 5.41) is 9.04. The first-order valence-electron chi connectivity index (χ1n) is 6.81. The molecule has 0 aromatic rings. The van der Waals surface area contributed by atoms with Crippen LogP contribution in [0.4, 0.5) is 4.79 Å². The van der Waals surface area contributed by atoms with Gasteiger partial charge in [-0.1, -0.05) is 0 Å². The largest absolute Gasteiger partial charge is 0.444 e. The molecule has 1 heterocycles. The summed E-state index contributed by atoms with van der Waals surface area (Å²) in [6, 6.07) is 0. The van der Waals surface area contributed by atoms with E-state index in [1.165, 1.54) is 0 Å². The molecule has 0 bridgehead atoms. The molecule has 0 aromatic heterocycles. The van der Waals surface area contributed by atoms with Crippen LogP contribution in [0.3, 0.4) is 0 Å². The lowest BCUT2D eigenvalue weighted by Crippen LogP contribution is -2.45. The van der Waals surface area contributed by atoms with Crippen LogP contribution in [0.5, 0.6) is 0 Å². The third-order valence-electron chi connectivity index (χ3n) is 2.81. The number of ether oxygens (including phenoxy) is 2. The van der Waals surface area contributed by atoms with Gasteiger partial charge in [0.25, 0.3) is 0 Å². The average Bonchev–Trinajstić information content (AvgIpc) is 2.33. The number of amides is 1. The van der Waals surface area contributed by atoms with E-state index in [-0.39, 0.29) is 12.7 Å². The van der Waals surface area contributed by atoms with Gasteiger partial charge in [0.05, 0.1) is 19.8 Å². The molecule has 0 atom stereocenters. The molecule has 112 valence electrons. The Bertz CT molecular complexity index is 272. The maximum atomic E-state index is 12.0. The zero-order chi connectivity index (χ0) is 14.3. The molecule has 6 heteroatoms. The van der Waals surface area contributed by atoms with Gasteiger partial charge >= 0.3 is 6.09 Å². The summed E-state index contributed by atoms with van der Waals surface area (Å²) in [4.78, 5) is 15.8. The molecule has 1 aliphatic rings. The summed E-state index contributed by atoms with van der Waals surface area (Å²) in [7, 11) is 0. The summed E-state index contributed by atoms with van der Waals surface area (Å²) < 4.78 is 10.6. The lowest BCUT2D eigenvalue weighted by Gasteiger charge is -2.31. The molecule has 1 saturated heterocycles. The number of morpholine rings is 1. The van der Waals surface area contributed by atoms with E-state index in [4.69, 9.17) is 14.6 Å². The molecule has 0 aliphatic carbocycles. The fraction of sp³-hybridized carbons (Fsp3) is 0.923. The van der Waals surface area contributed by atoms with Crippen molar-refractivity contribution in [1.29, 1.82) is 0 Å². The van der Waals surface area contributed by atoms with E-state index in [2.05, 4.69) is 4.90 Å². The van der Waals surface area contributed by atoms with Gasteiger partial charge in [-0.3, -0.25) is 4.90 Å². The third kappa shape index (κ3) is 6.75. The van der Waals surface area contributed by atoms with Gasteiger partial charge in [0.1, 0.15) is 5.60 Å². The number of rotatable bonds is 5. The molecule has 0 aromatic carbocycles. The van der Waals surface area contributed by atoms with E-state index in [1.54, 1.807) is 4.90 Å². The van der Waals surface area contributed by atoms with Crippen molar-refractivity contribution in [3.8, 4) is 0 Å². The van der Waals surface area contributed by atoms with Crippen LogP contribution in [0.2, 0.25) is 0 Å². The molecule has 0 unspecified atom stereocenters. The van der Waals surface area contributed by atoms with Crippen molar-refractivity contribution < 1.29 is 19.4 Å². The van der Waals surface area contributed by atoms with E-state index in [9.17, 15) is 4.79 Å². The molecular formula is C13H26N2O4. The lowest BCUT2D eigenvalue weighted by atomic mass is 10.2. The number of hydrogen-bond donors (Lipinski definition) is 1. The van der Waals surface area contributed by atoms with Gasteiger partial charge in [0, 0.05) is 32.7 Å². The summed E-state index contributed by atoms with van der Waals surface area (Å²) in [5.41, 5.74) is -0.510. The van der Waals surface area contributed by atoms with Crippen LogP contribution < -0.4 is 0 Å². The van der Waals surface area contributed by atoms with Crippen molar-refractivity contribution in [2.24, 2.45) is 0 Å². The van der Waals surface area contributed by atoms with Crippen LogP contribution in [0.15, 0.2) is 0 Å². The highest BCUT2D eigenvalue weighted by molar-refractivity contribution is 5.68. The Morgan fingerprint density at radius 3 is 2.47 bits per heavy atom. The summed E-state index contributed by atoms with van der Waals surface area (Å²) in [5.74, 6) is 0. The number of carbonyl (C=O) groups excluding carboxylic acids is 1. The Morgan fingerprint density at radius 1 is 1.32 bits per heavy atom. The van der Waals surface area contributed by atoms with Crippen LogP contribution in [-0.2, 0) is 9.47 Å². The maximum Gasteiger partial charge on any atom is 0.410 e. The Labute approximate surface area is 115 Å². The van der Waals surface area contributed by atoms with Gasteiger partial charge in [0.15, 0.2) is 0 Å². The molecule has 1 rings (SSSR count). The van der Waals surface area contributed by atoms with Gasteiger partial charge in [-0.15, -0.1) is 0 Å². The number of nitrogens with zero attached hydrogens (tertiary/aromatic N) is 2. The Balaban J connectivity index is 2.40. The highest BCUT2D eigenvalue weighted by Crippen LogP contribution is 2.10. The minimum Gasteiger partial charge on any atom is -0.444 e. The standard InChI is InChI=1S/C13H26N2O4/c1-13(2,3)19-12(17)15(6-9-16)5-4-14-7-10-18-11-8-14/h16H,4-11H2,1-3H3. The number of aliphatic hydroxyl groups excluding tert-OH is 1. The highest BCUT2D eigenvalue weighted by Gasteiger charge is 2.22. The van der Waals surface area contributed by atoms with Crippen LogP contribution in [0, 0.1) is 0 Å². The van der Waals surface area contributed by atoms with Crippen molar-refractivity contribution in [3.05, 3.63) is 0 Å². The number of hydrogen-bond acceptors (Lipinski definition) is 5. The van der Waals surface area contributed by atoms with Gasteiger partial charge < -0.3 is 19.5 Å². The molecule has 0 radical (unpaired) electrons. The molecule has 6 nitrogen and oxygen atoms in total. The van der Waals surface area contributed by atoms with E-state index in [1.807, 2.05) is 20.8 Å². The van der Waals surface area contributed by atoms with E-state index < -0.39 is 5.60 Å². The molecule has 0 saturated carbocycles. The van der Waals surface area contributed by atoms with Crippen molar-refractivity contribution >= 4 is 6.09 Å². The summed E-state index contributed by atoms with van der Waals surface area (Å²) in [6.45, 7) is 10.4. The van der Waals surface area contributed by atoms with E-state index in [0.717, 1.165) is 32.8 Å². The SMILES string of the molecule is CC(C)(C)OC(=O)N(CCO)CCN1CCOCC1. The second kappa shape index (κ2) is 7.67. The van der Waals surface area contributed by atoms with E-state index >= 15 is 0 Å². The quantitative estimate of drug-likeness (QED) is 0.793. The third-order valence-corrected chi connectivity index (χ3v) is 2.81. The number of carbonyl (C=O) groups is 1. The van der Waals surface area contributed by atoms with Gasteiger partial charge in [-0.2, -0.15) is 0 Å². The first-order chi connectivity index (χ1) is 8.92. The van der Waals surface area contributed by atoms with Crippen molar-refractivity contribution in [1.82, 2.24) is 9.80 Å². The average molecular weight is 274 g/mol. The number of aliphatic hydroxyl groups is 1. The molecule has 19 heavy (non-hydrogen) atoms. The van der Waals surface area contributed by atoms with Gasteiger partial charge in [0.2, 0.25) is 0 Å². The molecular weight excluding hydrogens is 248 g/mol. The van der Waals surface area contributed by atoms with Crippen LogP contribution in [-0.4, -0.2) is 79.1 Å². The second-order valence-corrected chi connectivity index (χ2v) is 5.65. The predicted molar refractivity (Wildman–Crippen MR) is 72.2 cm³/mol. The van der Waals surface area contributed by atoms with Crippen LogP contribution in [0.25, 0.3) is 0 Å². The van der Waals surface area contributed by atoms with Gasteiger partial charge in [-0.25, -0.2) is 4.79 Å². The van der Waals surface area contributed by atoms with E-state index in [0.29, 0.717) is 13.1 Å². The Kier molecular flexibility index (Phi) is 6.54. The summed E-state index contributed by atoms with van der Waals surface area (Å²) >= 11 is 0. The minimum absolute atomic E-state index is 0.0532. The molecule has 0 spiro atoms. The van der Waals surface area contributed by atoms with Crippen molar-refractivity contribution in [3.63, 3.8) is 0 Å². The van der Waals surface area contributed by atoms with Crippen molar-refractivity contribution in [2.75, 3.05) is 52.5 Å². The van der Waals surface area contributed by atoms with Gasteiger partial charge in [-0.05, 0) is 20.8 Å². The predicted octanol–water partition coefficient (Wildman–Crippen LogP) is 0.548. The minimum atomic E-state index is -0.510. The highest BCUT2D eigenvalue weighted by atomic mass is 16.6. The van der Waals surface area contributed by atoms with Crippen LogP contribution in [0.1, 0.15) is 20.8 Å². The fourth-order valence-electron chi connectivity index (χ4n) is 1.83. The normalized spacial score (nSPS) is 17.3. The molecule has 1 fully saturated rings.